The van der Waals surface area contributed by atoms with Crippen molar-refractivity contribution in [3.05, 3.63) is 11.8 Å². The summed E-state index contributed by atoms with van der Waals surface area (Å²) in [6.45, 7) is 7.73. The van der Waals surface area contributed by atoms with Crippen molar-refractivity contribution < 1.29 is 4.42 Å². The van der Waals surface area contributed by atoms with Gasteiger partial charge >= 0.3 is 0 Å². The highest BCUT2D eigenvalue weighted by Gasteiger charge is 2.28. The summed E-state index contributed by atoms with van der Waals surface area (Å²) in [6, 6.07) is 0.540. The van der Waals surface area contributed by atoms with E-state index in [1.807, 2.05) is 0 Å². The molecule has 2 N–H and O–H groups in total. The van der Waals surface area contributed by atoms with Crippen molar-refractivity contribution >= 4 is 0 Å². The van der Waals surface area contributed by atoms with Gasteiger partial charge in [-0.2, -0.15) is 0 Å². The maximum absolute atomic E-state index is 5.91. The van der Waals surface area contributed by atoms with E-state index in [1.54, 1.807) is 0 Å². The first-order chi connectivity index (χ1) is 9.41. The first-order valence-corrected chi connectivity index (χ1v) is 7.65. The summed E-state index contributed by atoms with van der Waals surface area (Å²) in [5.74, 6) is 2.01. The maximum Gasteiger partial charge on any atom is 0.230 e. The molecule has 5 nitrogen and oxygen atoms in total. The van der Waals surface area contributed by atoms with Crippen LogP contribution in [0.15, 0.2) is 4.42 Å². The summed E-state index contributed by atoms with van der Waals surface area (Å²) < 4.78 is 5.78. The SMILES string of the molecule is CN(Cc1nnc(C(C)(C)C)o1)C1CCCCC1CN. The molecule has 2 rings (SSSR count). The van der Waals surface area contributed by atoms with Crippen LogP contribution < -0.4 is 5.73 Å². The van der Waals surface area contributed by atoms with Crippen molar-refractivity contribution in [3.63, 3.8) is 0 Å². The lowest BCUT2D eigenvalue weighted by atomic mass is 9.84. The molecule has 0 bridgehead atoms. The molecule has 0 radical (unpaired) electrons. The molecule has 1 heterocycles. The maximum atomic E-state index is 5.91. The van der Waals surface area contributed by atoms with Gasteiger partial charge < -0.3 is 10.2 Å². The molecule has 0 aliphatic heterocycles. The minimum atomic E-state index is -0.0888. The molecule has 5 heteroatoms. The highest BCUT2D eigenvalue weighted by Crippen LogP contribution is 2.28. The van der Waals surface area contributed by atoms with Crippen molar-refractivity contribution in [2.75, 3.05) is 13.6 Å². The van der Waals surface area contributed by atoms with E-state index in [0.717, 1.165) is 6.54 Å². The minimum Gasteiger partial charge on any atom is -0.423 e. The van der Waals surface area contributed by atoms with E-state index in [1.165, 1.54) is 25.7 Å². The predicted octanol–water partition coefficient (Wildman–Crippen LogP) is 2.32. The Morgan fingerprint density at radius 2 is 1.95 bits per heavy atom. The summed E-state index contributed by atoms with van der Waals surface area (Å²) in [5.41, 5.74) is 5.82. The number of nitrogens with two attached hydrogens (primary N) is 1. The Morgan fingerprint density at radius 1 is 1.25 bits per heavy atom. The zero-order valence-corrected chi connectivity index (χ0v) is 13.2. The molecule has 1 saturated carbocycles. The van der Waals surface area contributed by atoms with Crippen LogP contribution in [-0.4, -0.2) is 34.7 Å². The second-order valence-electron chi connectivity index (χ2n) is 7.01. The van der Waals surface area contributed by atoms with Gasteiger partial charge in [-0.1, -0.05) is 33.6 Å². The average Bonchev–Trinajstić information content (AvgIpc) is 2.87. The monoisotopic (exact) mass is 280 g/mol. The highest BCUT2D eigenvalue weighted by atomic mass is 16.4. The summed E-state index contributed by atoms with van der Waals surface area (Å²) in [6.07, 6.45) is 5.06. The molecular weight excluding hydrogens is 252 g/mol. The molecule has 1 aromatic rings. The van der Waals surface area contributed by atoms with E-state index in [-0.39, 0.29) is 5.41 Å². The molecule has 2 atom stereocenters. The van der Waals surface area contributed by atoms with Crippen LogP contribution >= 0.6 is 0 Å². The molecular formula is C15H28N4O. The Labute approximate surface area is 121 Å². The lowest BCUT2D eigenvalue weighted by molar-refractivity contribution is 0.117. The lowest BCUT2D eigenvalue weighted by Crippen LogP contribution is -2.42. The Kier molecular flexibility index (Phi) is 4.81. The summed E-state index contributed by atoms with van der Waals surface area (Å²) in [4.78, 5) is 2.33. The Balaban J connectivity index is 2.00. The van der Waals surface area contributed by atoms with Crippen molar-refractivity contribution in [2.45, 2.75) is 64.5 Å². The van der Waals surface area contributed by atoms with Crippen LogP contribution in [0, 0.1) is 5.92 Å². The fraction of sp³-hybridized carbons (Fsp3) is 0.867. The van der Waals surface area contributed by atoms with Crippen LogP contribution in [0.1, 0.15) is 58.2 Å². The van der Waals surface area contributed by atoms with E-state index >= 15 is 0 Å². The minimum absolute atomic E-state index is 0.0888. The Morgan fingerprint density at radius 3 is 2.55 bits per heavy atom. The third kappa shape index (κ3) is 3.58. The number of rotatable bonds is 4. The molecule has 1 aliphatic rings. The van der Waals surface area contributed by atoms with Gasteiger partial charge in [-0.3, -0.25) is 4.90 Å². The molecule has 0 amide bonds. The van der Waals surface area contributed by atoms with E-state index < -0.39 is 0 Å². The van der Waals surface area contributed by atoms with E-state index in [0.29, 0.717) is 30.3 Å². The molecule has 20 heavy (non-hydrogen) atoms. The topological polar surface area (TPSA) is 68.2 Å². The van der Waals surface area contributed by atoms with Gasteiger partial charge in [0.2, 0.25) is 11.8 Å². The molecule has 1 fully saturated rings. The van der Waals surface area contributed by atoms with Crippen LogP contribution in [-0.2, 0) is 12.0 Å². The number of nitrogens with zero attached hydrogens (tertiary/aromatic N) is 3. The van der Waals surface area contributed by atoms with Gasteiger partial charge in [0.15, 0.2) is 0 Å². The second-order valence-corrected chi connectivity index (χ2v) is 7.01. The van der Waals surface area contributed by atoms with Gasteiger partial charge in [0, 0.05) is 11.5 Å². The standard InChI is InChI=1S/C15H28N4O/c1-15(2,3)14-18-17-13(20-14)10-19(4)12-8-6-5-7-11(12)9-16/h11-12H,5-10,16H2,1-4H3. The van der Waals surface area contributed by atoms with Crippen molar-refractivity contribution in [2.24, 2.45) is 11.7 Å². The van der Waals surface area contributed by atoms with Gasteiger partial charge in [-0.15, -0.1) is 10.2 Å². The third-order valence-corrected chi connectivity index (χ3v) is 4.23. The first-order valence-electron chi connectivity index (χ1n) is 7.65. The van der Waals surface area contributed by atoms with Gasteiger partial charge in [0.1, 0.15) is 0 Å². The predicted molar refractivity (Wildman–Crippen MR) is 79.3 cm³/mol. The van der Waals surface area contributed by atoms with Crippen LogP contribution in [0.2, 0.25) is 0 Å². The normalized spacial score (nSPS) is 24.3. The van der Waals surface area contributed by atoms with E-state index in [2.05, 4.69) is 42.9 Å². The fourth-order valence-corrected chi connectivity index (χ4v) is 2.99. The Bertz CT molecular complexity index is 424. The highest BCUT2D eigenvalue weighted by molar-refractivity contribution is 4.96. The third-order valence-electron chi connectivity index (χ3n) is 4.23. The summed E-state index contributed by atoms with van der Waals surface area (Å²) >= 11 is 0. The van der Waals surface area contributed by atoms with Crippen molar-refractivity contribution in [1.29, 1.82) is 0 Å². The Hall–Kier alpha value is -0.940. The molecule has 0 saturated heterocycles. The molecule has 114 valence electrons. The van der Waals surface area contributed by atoms with Crippen LogP contribution in [0.5, 0.6) is 0 Å². The van der Waals surface area contributed by atoms with Crippen LogP contribution in [0.25, 0.3) is 0 Å². The smallest absolute Gasteiger partial charge is 0.230 e. The fourth-order valence-electron chi connectivity index (χ4n) is 2.99. The van der Waals surface area contributed by atoms with Crippen LogP contribution in [0.3, 0.4) is 0 Å². The summed E-state index contributed by atoms with van der Waals surface area (Å²) in [5, 5.41) is 8.34. The van der Waals surface area contributed by atoms with Gasteiger partial charge in [-0.05, 0) is 32.4 Å². The molecule has 1 aliphatic carbocycles. The van der Waals surface area contributed by atoms with Crippen LogP contribution in [0.4, 0.5) is 0 Å². The first kappa shape index (κ1) is 15.4. The zero-order chi connectivity index (χ0) is 14.8. The molecule has 0 spiro atoms. The van der Waals surface area contributed by atoms with Gasteiger partial charge in [0.25, 0.3) is 0 Å². The number of aromatic nitrogens is 2. The van der Waals surface area contributed by atoms with Gasteiger partial charge in [0.05, 0.1) is 6.54 Å². The van der Waals surface area contributed by atoms with Crippen molar-refractivity contribution in [1.82, 2.24) is 15.1 Å². The zero-order valence-electron chi connectivity index (χ0n) is 13.2. The van der Waals surface area contributed by atoms with Crippen molar-refractivity contribution in [3.8, 4) is 0 Å². The molecule has 2 unspecified atom stereocenters. The molecule has 1 aromatic heterocycles. The lowest BCUT2D eigenvalue weighted by Gasteiger charge is -2.36. The summed E-state index contributed by atoms with van der Waals surface area (Å²) in [7, 11) is 2.14. The van der Waals surface area contributed by atoms with E-state index in [4.69, 9.17) is 10.2 Å². The molecule has 0 aromatic carbocycles. The number of hydrogen-bond donors (Lipinski definition) is 1. The largest absolute Gasteiger partial charge is 0.423 e. The van der Waals surface area contributed by atoms with Gasteiger partial charge in [-0.25, -0.2) is 0 Å². The quantitative estimate of drug-likeness (QED) is 0.916. The number of hydrogen-bond acceptors (Lipinski definition) is 5. The second kappa shape index (κ2) is 6.22. The van der Waals surface area contributed by atoms with E-state index in [9.17, 15) is 0 Å². The average molecular weight is 280 g/mol.